The molecule has 0 spiro atoms. The minimum atomic E-state index is 0.00611. The molecule has 0 saturated carbocycles. The second-order valence-corrected chi connectivity index (χ2v) is 5.06. The van der Waals surface area contributed by atoms with Gasteiger partial charge in [0.2, 0.25) is 0 Å². The Bertz CT molecular complexity index is 629. The van der Waals surface area contributed by atoms with Gasteiger partial charge in [0.15, 0.2) is 0 Å². The molecular weight excluding hydrogens is 244 g/mol. The normalized spacial score (nSPS) is 12.9. The van der Waals surface area contributed by atoms with Crippen LogP contribution in [0.2, 0.25) is 0 Å². The summed E-state index contributed by atoms with van der Waals surface area (Å²) in [6.45, 7) is 0. The minimum absolute atomic E-state index is 0.00611. The molecule has 2 N–H and O–H groups in total. The Morgan fingerprint density at radius 3 is 3.17 bits per heavy atom. The van der Waals surface area contributed by atoms with Crippen LogP contribution in [-0.2, 0) is 6.42 Å². The van der Waals surface area contributed by atoms with Crippen LogP contribution in [0, 0.1) is 0 Å². The van der Waals surface area contributed by atoms with Gasteiger partial charge in [0.05, 0.1) is 17.9 Å². The Hall–Kier alpha value is -1.72. The third kappa shape index (κ3) is 2.14. The molecule has 3 rings (SSSR count). The summed E-state index contributed by atoms with van der Waals surface area (Å²) in [4.78, 5) is 4.12. The van der Waals surface area contributed by atoms with E-state index in [-0.39, 0.29) is 6.04 Å². The highest BCUT2D eigenvalue weighted by atomic mass is 32.1. The van der Waals surface area contributed by atoms with E-state index in [4.69, 9.17) is 5.73 Å². The van der Waals surface area contributed by atoms with E-state index in [2.05, 4.69) is 26.9 Å². The van der Waals surface area contributed by atoms with Crippen molar-refractivity contribution in [2.24, 2.45) is 5.73 Å². The van der Waals surface area contributed by atoms with E-state index in [0.29, 0.717) is 0 Å². The molecule has 3 aromatic heterocycles. The molecule has 0 fully saturated rings. The number of hydrogen-bond donors (Lipinski definition) is 1. The number of nitrogens with two attached hydrogens (primary N) is 1. The Labute approximate surface area is 109 Å². The van der Waals surface area contributed by atoms with E-state index in [9.17, 15) is 0 Å². The lowest BCUT2D eigenvalue weighted by Gasteiger charge is -2.09. The van der Waals surface area contributed by atoms with E-state index in [1.165, 1.54) is 5.56 Å². The Balaban J connectivity index is 1.77. The van der Waals surface area contributed by atoms with E-state index < -0.39 is 0 Å². The lowest BCUT2D eigenvalue weighted by molar-refractivity contribution is 0.656. The van der Waals surface area contributed by atoms with Gasteiger partial charge in [0.25, 0.3) is 0 Å². The molecule has 0 aliphatic heterocycles. The molecule has 0 aliphatic rings. The van der Waals surface area contributed by atoms with Crippen LogP contribution < -0.4 is 5.73 Å². The Kier molecular flexibility index (Phi) is 3.08. The number of nitrogens with zero attached hydrogens (tertiary/aromatic N) is 3. The van der Waals surface area contributed by atoms with E-state index >= 15 is 0 Å². The van der Waals surface area contributed by atoms with E-state index in [1.54, 1.807) is 17.5 Å². The highest BCUT2D eigenvalue weighted by Crippen LogP contribution is 2.21. The first-order valence-electron chi connectivity index (χ1n) is 5.88. The zero-order chi connectivity index (χ0) is 12.4. The summed E-state index contributed by atoms with van der Waals surface area (Å²) in [5, 5.41) is 8.55. The quantitative estimate of drug-likeness (QED) is 0.782. The summed E-state index contributed by atoms with van der Waals surface area (Å²) in [5.74, 6) is 0. The van der Waals surface area contributed by atoms with Crippen molar-refractivity contribution in [2.75, 3.05) is 0 Å². The first-order valence-corrected chi connectivity index (χ1v) is 6.83. The van der Waals surface area contributed by atoms with Gasteiger partial charge in [-0.05, 0) is 35.2 Å². The number of aryl methyl sites for hydroxylation is 1. The molecule has 4 nitrogen and oxygen atoms in total. The smallest absolute Gasteiger partial charge is 0.0892 e. The minimum Gasteiger partial charge on any atom is -0.324 e. The van der Waals surface area contributed by atoms with Crippen LogP contribution in [-0.4, -0.2) is 14.6 Å². The average molecular weight is 258 g/mol. The van der Waals surface area contributed by atoms with Crippen molar-refractivity contribution in [3.8, 4) is 0 Å². The van der Waals surface area contributed by atoms with E-state index in [0.717, 1.165) is 23.9 Å². The number of rotatable bonds is 4. The van der Waals surface area contributed by atoms with Gasteiger partial charge in [0.1, 0.15) is 0 Å². The highest BCUT2D eigenvalue weighted by molar-refractivity contribution is 7.07. The molecule has 5 heteroatoms. The average Bonchev–Trinajstić information content (AvgIpc) is 3.05. The van der Waals surface area contributed by atoms with Crippen LogP contribution in [0.15, 0.2) is 41.6 Å². The van der Waals surface area contributed by atoms with Gasteiger partial charge in [-0.1, -0.05) is 0 Å². The van der Waals surface area contributed by atoms with Crippen molar-refractivity contribution in [3.63, 3.8) is 0 Å². The third-order valence-electron chi connectivity index (χ3n) is 3.08. The standard InChI is InChI=1S/C13H14N4S/c14-12(2-1-10-3-6-18-9-10)11-7-16-17-5-4-15-8-13(11)17/h3-9,12H,1-2,14H2. The summed E-state index contributed by atoms with van der Waals surface area (Å²) in [6, 6.07) is 2.15. The zero-order valence-corrected chi connectivity index (χ0v) is 10.7. The summed E-state index contributed by atoms with van der Waals surface area (Å²) >= 11 is 1.72. The maximum absolute atomic E-state index is 6.24. The van der Waals surface area contributed by atoms with Crippen LogP contribution in [0.1, 0.15) is 23.6 Å². The van der Waals surface area contributed by atoms with Crippen molar-refractivity contribution in [3.05, 3.63) is 52.7 Å². The number of aromatic nitrogens is 3. The van der Waals surface area contributed by atoms with Gasteiger partial charge in [0, 0.05) is 24.0 Å². The number of hydrogen-bond acceptors (Lipinski definition) is 4. The number of fused-ring (bicyclic) bond motifs is 1. The lowest BCUT2D eigenvalue weighted by Crippen LogP contribution is -2.11. The molecule has 3 heterocycles. The fourth-order valence-electron chi connectivity index (χ4n) is 2.05. The SMILES string of the molecule is NC(CCc1ccsc1)c1cnn2ccncc12. The number of thiophene rings is 1. The summed E-state index contributed by atoms with van der Waals surface area (Å²) < 4.78 is 1.81. The third-order valence-corrected chi connectivity index (χ3v) is 3.81. The summed E-state index contributed by atoms with van der Waals surface area (Å²) in [5.41, 5.74) is 9.66. The molecule has 0 bridgehead atoms. The van der Waals surface area contributed by atoms with Gasteiger partial charge >= 0.3 is 0 Å². The van der Waals surface area contributed by atoms with E-state index in [1.807, 2.05) is 23.1 Å². The first-order chi connectivity index (χ1) is 8.84. The van der Waals surface area contributed by atoms with Crippen molar-refractivity contribution in [1.82, 2.24) is 14.6 Å². The Morgan fingerprint density at radius 1 is 1.39 bits per heavy atom. The van der Waals surface area contributed by atoms with Crippen molar-refractivity contribution < 1.29 is 0 Å². The van der Waals surface area contributed by atoms with Crippen LogP contribution in [0.25, 0.3) is 5.52 Å². The molecule has 18 heavy (non-hydrogen) atoms. The van der Waals surface area contributed by atoms with Crippen LogP contribution in [0.3, 0.4) is 0 Å². The van der Waals surface area contributed by atoms with Gasteiger partial charge in [-0.2, -0.15) is 16.4 Å². The predicted octanol–water partition coefficient (Wildman–Crippen LogP) is 2.42. The van der Waals surface area contributed by atoms with Crippen molar-refractivity contribution in [2.45, 2.75) is 18.9 Å². The fraction of sp³-hybridized carbons (Fsp3) is 0.231. The lowest BCUT2D eigenvalue weighted by atomic mass is 10.0. The molecule has 0 aliphatic carbocycles. The monoisotopic (exact) mass is 258 g/mol. The molecular formula is C13H14N4S. The second kappa shape index (κ2) is 4.88. The molecule has 0 saturated heterocycles. The fourth-order valence-corrected chi connectivity index (χ4v) is 2.75. The first kappa shape index (κ1) is 11.4. The predicted molar refractivity (Wildman–Crippen MR) is 72.6 cm³/mol. The Morgan fingerprint density at radius 2 is 2.33 bits per heavy atom. The molecule has 3 aromatic rings. The summed E-state index contributed by atoms with van der Waals surface area (Å²) in [7, 11) is 0. The van der Waals surface area contributed by atoms with Crippen molar-refractivity contribution >= 4 is 16.9 Å². The van der Waals surface area contributed by atoms with Crippen LogP contribution in [0.4, 0.5) is 0 Å². The summed E-state index contributed by atoms with van der Waals surface area (Å²) in [6.07, 6.45) is 9.14. The second-order valence-electron chi connectivity index (χ2n) is 4.28. The molecule has 1 atom stereocenters. The highest BCUT2D eigenvalue weighted by Gasteiger charge is 2.12. The maximum atomic E-state index is 6.24. The molecule has 92 valence electrons. The molecule has 1 unspecified atom stereocenters. The largest absolute Gasteiger partial charge is 0.324 e. The molecule has 0 amide bonds. The topological polar surface area (TPSA) is 56.2 Å². The maximum Gasteiger partial charge on any atom is 0.0892 e. The zero-order valence-electron chi connectivity index (χ0n) is 9.86. The van der Waals surface area contributed by atoms with Gasteiger partial charge in [-0.25, -0.2) is 4.52 Å². The van der Waals surface area contributed by atoms with Crippen LogP contribution >= 0.6 is 11.3 Å². The van der Waals surface area contributed by atoms with Gasteiger partial charge in [-0.15, -0.1) is 0 Å². The molecule has 0 aromatic carbocycles. The van der Waals surface area contributed by atoms with Gasteiger partial charge in [-0.3, -0.25) is 4.98 Å². The van der Waals surface area contributed by atoms with Crippen molar-refractivity contribution in [1.29, 1.82) is 0 Å². The van der Waals surface area contributed by atoms with Crippen LogP contribution in [0.5, 0.6) is 0 Å². The van der Waals surface area contributed by atoms with Gasteiger partial charge < -0.3 is 5.73 Å². The molecule has 0 radical (unpaired) electrons.